The van der Waals surface area contributed by atoms with Crippen molar-refractivity contribution in [1.29, 1.82) is 0 Å². The molecule has 1 aromatic heterocycles. The van der Waals surface area contributed by atoms with Crippen molar-refractivity contribution in [3.63, 3.8) is 0 Å². The van der Waals surface area contributed by atoms with Gasteiger partial charge in [-0.25, -0.2) is 0 Å². The minimum atomic E-state index is -0.552. The van der Waals surface area contributed by atoms with Crippen molar-refractivity contribution in [2.75, 3.05) is 0 Å². The predicted molar refractivity (Wildman–Crippen MR) is 90.6 cm³/mol. The number of aromatic nitrogens is 2. The number of nitrogens with one attached hydrogen (secondary N) is 2. The van der Waals surface area contributed by atoms with Crippen LogP contribution in [-0.2, 0) is 16.9 Å². The molecule has 7 nitrogen and oxygen atoms in total. The topological polar surface area (TPSA) is 97.1 Å². The smallest absolute Gasteiger partial charge is 0.252 e. The SMILES string of the molecule is CC(=O)NCc1ccc(C(=O)NC2(c3noc(C)n3)CCCC2)cc1. The molecule has 1 fully saturated rings. The standard InChI is InChI=1S/C18H22N4O3/c1-12(23)19-11-14-5-7-15(8-6-14)16(24)21-18(9-3-4-10-18)17-20-13(2)25-22-17/h5-8H,3-4,9-11H2,1-2H3,(H,19,23)(H,21,24). The van der Waals surface area contributed by atoms with Crippen molar-refractivity contribution >= 4 is 11.8 Å². The highest BCUT2D eigenvalue weighted by atomic mass is 16.5. The molecule has 3 rings (SSSR count). The number of carbonyl (C=O) groups excluding carboxylic acids is 2. The van der Waals surface area contributed by atoms with Crippen LogP contribution in [0.15, 0.2) is 28.8 Å². The average Bonchev–Trinajstić information content (AvgIpc) is 3.23. The Bertz CT molecular complexity index is 761. The Morgan fingerprint density at radius 2 is 1.88 bits per heavy atom. The fraction of sp³-hybridized carbons (Fsp3) is 0.444. The lowest BCUT2D eigenvalue weighted by Crippen LogP contribution is -2.44. The molecule has 1 aliphatic rings. The van der Waals surface area contributed by atoms with Crippen LogP contribution in [0.4, 0.5) is 0 Å². The van der Waals surface area contributed by atoms with Crippen LogP contribution >= 0.6 is 0 Å². The van der Waals surface area contributed by atoms with Gasteiger partial charge in [0.05, 0.1) is 0 Å². The van der Waals surface area contributed by atoms with Gasteiger partial charge >= 0.3 is 0 Å². The average molecular weight is 342 g/mol. The van der Waals surface area contributed by atoms with Crippen molar-refractivity contribution in [2.24, 2.45) is 0 Å². The van der Waals surface area contributed by atoms with E-state index in [0.29, 0.717) is 23.8 Å². The van der Waals surface area contributed by atoms with Gasteiger partial charge < -0.3 is 15.2 Å². The molecule has 2 amide bonds. The molecule has 2 N–H and O–H groups in total. The Balaban J connectivity index is 1.72. The highest BCUT2D eigenvalue weighted by molar-refractivity contribution is 5.94. The number of carbonyl (C=O) groups is 2. The second kappa shape index (κ2) is 7.04. The highest BCUT2D eigenvalue weighted by Crippen LogP contribution is 2.37. The second-order valence-corrected chi connectivity index (χ2v) is 6.49. The van der Waals surface area contributed by atoms with Crippen LogP contribution in [0, 0.1) is 6.92 Å². The first-order chi connectivity index (χ1) is 12.0. The Morgan fingerprint density at radius 1 is 1.20 bits per heavy atom. The molecule has 0 bridgehead atoms. The normalized spacial score (nSPS) is 15.8. The zero-order valence-electron chi connectivity index (χ0n) is 14.5. The fourth-order valence-electron chi connectivity index (χ4n) is 3.17. The number of nitrogens with zero attached hydrogens (tertiary/aromatic N) is 2. The van der Waals surface area contributed by atoms with Crippen LogP contribution in [0.5, 0.6) is 0 Å². The summed E-state index contributed by atoms with van der Waals surface area (Å²) in [4.78, 5) is 28.0. The summed E-state index contributed by atoms with van der Waals surface area (Å²) in [5.74, 6) is 0.812. The maximum Gasteiger partial charge on any atom is 0.252 e. The van der Waals surface area contributed by atoms with Crippen LogP contribution in [0.3, 0.4) is 0 Å². The highest BCUT2D eigenvalue weighted by Gasteiger charge is 2.41. The molecular weight excluding hydrogens is 320 g/mol. The molecule has 1 heterocycles. The molecule has 2 aromatic rings. The lowest BCUT2D eigenvalue weighted by Gasteiger charge is -2.26. The van der Waals surface area contributed by atoms with Gasteiger partial charge in [-0.15, -0.1) is 0 Å². The van der Waals surface area contributed by atoms with Gasteiger partial charge in [-0.1, -0.05) is 30.1 Å². The zero-order chi connectivity index (χ0) is 17.9. The molecule has 1 aliphatic carbocycles. The Kier molecular flexibility index (Phi) is 4.83. The molecule has 0 atom stereocenters. The van der Waals surface area contributed by atoms with Gasteiger partial charge in [-0.05, 0) is 30.5 Å². The molecule has 0 radical (unpaired) electrons. The van der Waals surface area contributed by atoms with E-state index in [2.05, 4.69) is 20.8 Å². The quantitative estimate of drug-likeness (QED) is 0.868. The first kappa shape index (κ1) is 17.1. The van der Waals surface area contributed by atoms with Crippen molar-refractivity contribution in [3.05, 3.63) is 47.1 Å². The van der Waals surface area contributed by atoms with Gasteiger partial charge in [0.1, 0.15) is 5.54 Å². The number of amides is 2. The summed E-state index contributed by atoms with van der Waals surface area (Å²) in [6.45, 7) is 3.67. The van der Waals surface area contributed by atoms with E-state index in [-0.39, 0.29) is 11.8 Å². The third kappa shape index (κ3) is 3.87. The molecule has 0 spiro atoms. The number of rotatable bonds is 5. The number of benzene rings is 1. The fourth-order valence-corrected chi connectivity index (χ4v) is 3.17. The van der Waals surface area contributed by atoms with Gasteiger partial charge in [0, 0.05) is 26.0 Å². The molecule has 0 saturated heterocycles. The minimum Gasteiger partial charge on any atom is -0.352 e. The summed E-state index contributed by atoms with van der Waals surface area (Å²) < 4.78 is 5.10. The molecule has 7 heteroatoms. The van der Waals surface area contributed by atoms with Crippen molar-refractivity contribution in [2.45, 2.75) is 51.6 Å². The van der Waals surface area contributed by atoms with E-state index in [4.69, 9.17) is 4.52 Å². The van der Waals surface area contributed by atoms with E-state index in [0.717, 1.165) is 31.2 Å². The van der Waals surface area contributed by atoms with Crippen LogP contribution in [0.1, 0.15) is 60.2 Å². The van der Waals surface area contributed by atoms with Gasteiger partial charge in [0.15, 0.2) is 5.82 Å². The summed E-state index contributed by atoms with van der Waals surface area (Å²) >= 11 is 0. The largest absolute Gasteiger partial charge is 0.352 e. The van der Waals surface area contributed by atoms with Crippen molar-refractivity contribution in [1.82, 2.24) is 20.8 Å². The summed E-state index contributed by atoms with van der Waals surface area (Å²) in [6.07, 6.45) is 3.64. The van der Waals surface area contributed by atoms with E-state index in [1.807, 2.05) is 12.1 Å². The monoisotopic (exact) mass is 342 g/mol. The summed E-state index contributed by atoms with van der Waals surface area (Å²) in [7, 11) is 0. The van der Waals surface area contributed by atoms with Gasteiger partial charge in [-0.2, -0.15) is 4.98 Å². The minimum absolute atomic E-state index is 0.0830. The predicted octanol–water partition coefficient (Wildman–Crippen LogP) is 2.21. The van der Waals surface area contributed by atoms with Crippen LogP contribution in [0.2, 0.25) is 0 Å². The Labute approximate surface area is 146 Å². The first-order valence-electron chi connectivity index (χ1n) is 8.45. The van der Waals surface area contributed by atoms with Crippen LogP contribution in [0.25, 0.3) is 0 Å². The molecule has 1 saturated carbocycles. The number of hydrogen-bond donors (Lipinski definition) is 2. The van der Waals surface area contributed by atoms with E-state index < -0.39 is 5.54 Å². The first-order valence-corrected chi connectivity index (χ1v) is 8.45. The third-order valence-corrected chi connectivity index (χ3v) is 4.52. The van der Waals surface area contributed by atoms with Crippen molar-refractivity contribution < 1.29 is 14.1 Å². The maximum absolute atomic E-state index is 12.7. The molecular formula is C18H22N4O3. The molecule has 0 aliphatic heterocycles. The molecule has 25 heavy (non-hydrogen) atoms. The zero-order valence-corrected chi connectivity index (χ0v) is 14.5. The summed E-state index contributed by atoms with van der Waals surface area (Å²) in [5, 5.41) is 9.88. The van der Waals surface area contributed by atoms with E-state index in [1.165, 1.54) is 6.92 Å². The van der Waals surface area contributed by atoms with E-state index in [9.17, 15) is 9.59 Å². The number of aryl methyl sites for hydroxylation is 1. The van der Waals surface area contributed by atoms with Gasteiger partial charge in [0.2, 0.25) is 11.8 Å². The Hall–Kier alpha value is -2.70. The van der Waals surface area contributed by atoms with E-state index in [1.54, 1.807) is 19.1 Å². The summed E-state index contributed by atoms with van der Waals surface area (Å²) in [6, 6.07) is 7.20. The van der Waals surface area contributed by atoms with E-state index >= 15 is 0 Å². The second-order valence-electron chi connectivity index (χ2n) is 6.49. The maximum atomic E-state index is 12.7. The summed E-state index contributed by atoms with van der Waals surface area (Å²) in [5.41, 5.74) is 0.957. The molecule has 132 valence electrons. The Morgan fingerprint density at radius 3 is 2.44 bits per heavy atom. The van der Waals surface area contributed by atoms with Gasteiger partial charge in [0.25, 0.3) is 5.91 Å². The number of hydrogen-bond acceptors (Lipinski definition) is 5. The van der Waals surface area contributed by atoms with Crippen LogP contribution in [-0.4, -0.2) is 22.0 Å². The molecule has 0 unspecified atom stereocenters. The lowest BCUT2D eigenvalue weighted by molar-refractivity contribution is -0.119. The van der Waals surface area contributed by atoms with Crippen molar-refractivity contribution in [3.8, 4) is 0 Å². The third-order valence-electron chi connectivity index (χ3n) is 4.52. The molecule has 1 aromatic carbocycles. The lowest BCUT2D eigenvalue weighted by atomic mass is 9.95. The van der Waals surface area contributed by atoms with Gasteiger partial charge in [-0.3, -0.25) is 9.59 Å². The van der Waals surface area contributed by atoms with Crippen LogP contribution < -0.4 is 10.6 Å².